The number of carbonyl (C=O) groups is 1. The number of methoxy groups -OCH3 is 3. The Bertz CT molecular complexity index is 984. The first-order chi connectivity index (χ1) is 14.2. The number of hydrogen-bond acceptors (Lipinski definition) is 7. The maximum atomic E-state index is 12.5. The van der Waals surface area contributed by atoms with Crippen LogP contribution in [0.2, 0.25) is 0 Å². The first-order valence-electron chi connectivity index (χ1n) is 9.54. The molecule has 1 aliphatic carbocycles. The zero-order valence-corrected chi connectivity index (χ0v) is 16.5. The molecule has 0 unspecified atom stereocenters. The Morgan fingerprint density at radius 1 is 0.931 bits per heavy atom. The Morgan fingerprint density at radius 2 is 1.72 bits per heavy atom. The fourth-order valence-corrected chi connectivity index (χ4v) is 4.85. The van der Waals surface area contributed by atoms with E-state index in [9.17, 15) is 4.79 Å². The van der Waals surface area contributed by atoms with Crippen molar-refractivity contribution >= 4 is 5.97 Å². The molecular formula is C22H22O7. The minimum atomic E-state index is -0.208. The van der Waals surface area contributed by atoms with E-state index in [-0.39, 0.29) is 30.5 Å². The van der Waals surface area contributed by atoms with Crippen LogP contribution in [0.1, 0.15) is 22.6 Å². The van der Waals surface area contributed by atoms with Gasteiger partial charge in [0.1, 0.15) is 0 Å². The number of esters is 1. The second-order valence-corrected chi connectivity index (χ2v) is 7.41. The zero-order chi connectivity index (χ0) is 20.1. The molecular weight excluding hydrogens is 376 g/mol. The highest BCUT2D eigenvalue weighted by atomic mass is 16.7. The van der Waals surface area contributed by atoms with E-state index in [1.54, 1.807) is 21.3 Å². The smallest absolute Gasteiger partial charge is 0.309 e. The van der Waals surface area contributed by atoms with Crippen LogP contribution in [0, 0.1) is 11.8 Å². The number of benzene rings is 2. The number of hydrogen-bond donors (Lipinski definition) is 0. The minimum Gasteiger partial charge on any atom is -0.493 e. The molecule has 7 nitrogen and oxygen atoms in total. The van der Waals surface area contributed by atoms with Crippen LogP contribution in [0.25, 0.3) is 0 Å². The molecule has 2 aromatic rings. The van der Waals surface area contributed by atoms with Crippen LogP contribution >= 0.6 is 0 Å². The van der Waals surface area contributed by atoms with Crippen LogP contribution in [0.3, 0.4) is 0 Å². The predicted molar refractivity (Wildman–Crippen MR) is 102 cm³/mol. The average Bonchev–Trinajstić information content (AvgIpc) is 3.36. The standard InChI is InChI=1S/C22H22O7/c1-24-17-8-12-6-13-14(9-27-22(13)23)18(19(12)21(26-3)20(17)25-2)11-4-5-15-16(7-11)29-10-28-15/h4-5,7-8,13-14,18H,6,9-10H2,1-3H3/t13-,14-,18+/m0/s1. The summed E-state index contributed by atoms with van der Waals surface area (Å²) in [5.74, 6) is 2.71. The van der Waals surface area contributed by atoms with Crippen LogP contribution in [0.15, 0.2) is 24.3 Å². The number of carbonyl (C=O) groups excluding carboxylic acids is 1. The number of rotatable bonds is 4. The molecule has 7 heteroatoms. The zero-order valence-electron chi connectivity index (χ0n) is 16.5. The fraction of sp³-hybridized carbons (Fsp3) is 0.409. The highest BCUT2D eigenvalue weighted by Crippen LogP contribution is 2.55. The Morgan fingerprint density at radius 3 is 2.48 bits per heavy atom. The molecule has 0 spiro atoms. The summed E-state index contributed by atoms with van der Waals surface area (Å²) < 4.78 is 33.5. The normalized spacial score (nSPS) is 23.8. The summed E-state index contributed by atoms with van der Waals surface area (Å²) in [6.07, 6.45) is 0.580. The van der Waals surface area contributed by atoms with Crippen molar-refractivity contribution in [3.63, 3.8) is 0 Å². The van der Waals surface area contributed by atoms with Crippen LogP contribution in [-0.2, 0) is 16.0 Å². The van der Waals surface area contributed by atoms with Crippen molar-refractivity contribution in [2.24, 2.45) is 11.8 Å². The molecule has 0 N–H and O–H groups in total. The van der Waals surface area contributed by atoms with Crippen LogP contribution in [0.5, 0.6) is 28.7 Å². The Hall–Kier alpha value is -3.09. The van der Waals surface area contributed by atoms with E-state index in [4.69, 9.17) is 28.4 Å². The topological polar surface area (TPSA) is 72.5 Å². The Labute approximate surface area is 168 Å². The van der Waals surface area contributed by atoms with Crippen molar-refractivity contribution in [2.45, 2.75) is 12.3 Å². The Kier molecular flexibility index (Phi) is 4.19. The summed E-state index contributed by atoms with van der Waals surface area (Å²) in [4.78, 5) is 12.5. The summed E-state index contributed by atoms with van der Waals surface area (Å²) in [7, 11) is 4.81. The molecule has 2 heterocycles. The maximum absolute atomic E-state index is 12.5. The first-order valence-corrected chi connectivity index (χ1v) is 9.54. The largest absolute Gasteiger partial charge is 0.493 e. The summed E-state index contributed by atoms with van der Waals surface area (Å²) in [5, 5.41) is 0. The van der Waals surface area contributed by atoms with Crippen LogP contribution < -0.4 is 23.7 Å². The van der Waals surface area contributed by atoms with Crippen molar-refractivity contribution < 1.29 is 33.2 Å². The van der Waals surface area contributed by atoms with Gasteiger partial charge in [0.25, 0.3) is 0 Å². The summed E-state index contributed by atoms with van der Waals surface area (Å²) >= 11 is 0. The third-order valence-corrected chi connectivity index (χ3v) is 6.13. The van der Waals surface area contributed by atoms with Gasteiger partial charge in [0.15, 0.2) is 23.0 Å². The van der Waals surface area contributed by atoms with E-state index in [2.05, 4.69) is 0 Å². The lowest BCUT2D eigenvalue weighted by Crippen LogP contribution is -2.31. The van der Waals surface area contributed by atoms with Crippen molar-refractivity contribution in [1.82, 2.24) is 0 Å². The van der Waals surface area contributed by atoms with Gasteiger partial charge in [-0.05, 0) is 35.7 Å². The van der Waals surface area contributed by atoms with E-state index >= 15 is 0 Å². The maximum Gasteiger partial charge on any atom is 0.309 e. The van der Waals surface area contributed by atoms with Crippen molar-refractivity contribution in [3.8, 4) is 28.7 Å². The molecule has 0 amide bonds. The Balaban J connectivity index is 1.74. The number of fused-ring (bicyclic) bond motifs is 3. The van der Waals surface area contributed by atoms with E-state index in [1.807, 2.05) is 24.3 Å². The summed E-state index contributed by atoms with van der Waals surface area (Å²) in [6.45, 7) is 0.585. The van der Waals surface area contributed by atoms with E-state index < -0.39 is 0 Å². The van der Waals surface area contributed by atoms with Gasteiger partial charge in [0, 0.05) is 17.4 Å². The third kappa shape index (κ3) is 2.60. The molecule has 2 aliphatic heterocycles. The summed E-state index contributed by atoms with van der Waals surface area (Å²) in [5.41, 5.74) is 3.03. The molecule has 3 aliphatic rings. The molecule has 3 atom stereocenters. The van der Waals surface area contributed by atoms with Gasteiger partial charge < -0.3 is 28.4 Å². The molecule has 0 saturated carbocycles. The van der Waals surface area contributed by atoms with Gasteiger partial charge in [-0.1, -0.05) is 6.07 Å². The van der Waals surface area contributed by atoms with Crippen LogP contribution in [0.4, 0.5) is 0 Å². The van der Waals surface area contributed by atoms with Crippen molar-refractivity contribution in [1.29, 1.82) is 0 Å². The van der Waals surface area contributed by atoms with Gasteiger partial charge in [-0.2, -0.15) is 0 Å². The second-order valence-electron chi connectivity index (χ2n) is 7.41. The first kappa shape index (κ1) is 18.0. The third-order valence-electron chi connectivity index (χ3n) is 6.13. The van der Waals surface area contributed by atoms with Gasteiger partial charge in [-0.15, -0.1) is 0 Å². The van der Waals surface area contributed by atoms with Crippen LogP contribution in [-0.4, -0.2) is 40.7 Å². The van der Waals surface area contributed by atoms with Gasteiger partial charge in [-0.25, -0.2) is 0 Å². The molecule has 2 aromatic carbocycles. The molecule has 0 aromatic heterocycles. The van der Waals surface area contributed by atoms with Crippen molar-refractivity contribution in [2.75, 3.05) is 34.7 Å². The minimum absolute atomic E-state index is 0.00220. The average molecular weight is 398 g/mol. The molecule has 1 saturated heterocycles. The SMILES string of the molecule is COc1cc2c(c(OC)c1OC)[C@H](c1ccc3c(c1)OCO3)[C@H]1COC(=O)[C@H]1C2. The van der Waals surface area contributed by atoms with Gasteiger partial charge >= 0.3 is 5.97 Å². The van der Waals surface area contributed by atoms with Crippen molar-refractivity contribution in [3.05, 3.63) is 41.0 Å². The molecule has 29 heavy (non-hydrogen) atoms. The lowest BCUT2D eigenvalue weighted by Gasteiger charge is -2.35. The fourth-order valence-electron chi connectivity index (χ4n) is 4.85. The second kappa shape index (κ2) is 6.76. The highest BCUT2D eigenvalue weighted by Gasteiger charge is 2.48. The lowest BCUT2D eigenvalue weighted by molar-refractivity contribution is -0.141. The quantitative estimate of drug-likeness (QED) is 0.733. The van der Waals surface area contributed by atoms with Gasteiger partial charge in [0.05, 0.1) is 33.9 Å². The van der Waals surface area contributed by atoms with Gasteiger partial charge in [0.2, 0.25) is 12.5 Å². The number of cyclic esters (lactones) is 1. The van der Waals surface area contributed by atoms with E-state index in [1.165, 1.54) is 0 Å². The highest BCUT2D eigenvalue weighted by molar-refractivity contribution is 5.77. The molecule has 0 radical (unpaired) electrons. The monoisotopic (exact) mass is 398 g/mol. The summed E-state index contributed by atoms with van der Waals surface area (Å²) in [6, 6.07) is 7.85. The lowest BCUT2D eigenvalue weighted by atomic mass is 9.67. The van der Waals surface area contributed by atoms with Gasteiger partial charge in [-0.3, -0.25) is 4.79 Å². The molecule has 5 rings (SSSR count). The predicted octanol–water partition coefficient (Wildman–Crippen LogP) is 2.92. The molecule has 0 bridgehead atoms. The van der Waals surface area contributed by atoms with E-state index in [0.29, 0.717) is 36.0 Å². The molecule has 152 valence electrons. The van der Waals surface area contributed by atoms with E-state index in [0.717, 1.165) is 22.4 Å². The molecule has 1 fully saturated rings. The number of ether oxygens (including phenoxy) is 6.